The van der Waals surface area contributed by atoms with Gasteiger partial charge < -0.3 is 9.84 Å². The first-order valence-electron chi connectivity index (χ1n) is 5.78. The number of benzene rings is 1. The van der Waals surface area contributed by atoms with Gasteiger partial charge in [0.05, 0.1) is 12.7 Å². The molecule has 6 heteroatoms. The van der Waals surface area contributed by atoms with E-state index in [0.29, 0.717) is 0 Å². The van der Waals surface area contributed by atoms with Crippen molar-refractivity contribution in [3.05, 3.63) is 59.4 Å². The van der Waals surface area contributed by atoms with Gasteiger partial charge in [-0.15, -0.1) is 0 Å². The molecule has 0 saturated heterocycles. The molecule has 0 fully saturated rings. The molecule has 3 nitrogen and oxygen atoms in total. The van der Waals surface area contributed by atoms with Gasteiger partial charge in [-0.3, -0.25) is 4.98 Å². The van der Waals surface area contributed by atoms with Crippen LogP contribution in [0.25, 0.3) is 0 Å². The molecule has 106 valence electrons. The normalized spacial score (nSPS) is 13.1. The maximum absolute atomic E-state index is 12.9. The van der Waals surface area contributed by atoms with Gasteiger partial charge in [0.2, 0.25) is 0 Å². The van der Waals surface area contributed by atoms with Crippen LogP contribution in [0.2, 0.25) is 0 Å². The lowest BCUT2D eigenvalue weighted by atomic mass is 9.99. The van der Waals surface area contributed by atoms with Crippen molar-refractivity contribution in [2.75, 3.05) is 7.11 Å². The molecular weight excluding hydrogens is 271 g/mol. The van der Waals surface area contributed by atoms with E-state index >= 15 is 0 Å². The third-order valence-corrected chi connectivity index (χ3v) is 2.84. The molecule has 0 bridgehead atoms. The second-order valence-corrected chi connectivity index (χ2v) is 4.08. The Morgan fingerprint density at radius 3 is 2.50 bits per heavy atom. The Bertz CT molecular complexity index is 599. The second-order valence-electron chi connectivity index (χ2n) is 4.08. The number of pyridine rings is 1. The fourth-order valence-corrected chi connectivity index (χ4v) is 1.92. The van der Waals surface area contributed by atoms with Crippen molar-refractivity contribution in [2.45, 2.75) is 12.3 Å². The molecule has 1 heterocycles. The average molecular weight is 283 g/mol. The summed E-state index contributed by atoms with van der Waals surface area (Å²) < 4.78 is 43.8. The molecule has 0 radical (unpaired) electrons. The minimum atomic E-state index is -4.54. The molecule has 0 spiro atoms. The van der Waals surface area contributed by atoms with E-state index in [0.717, 1.165) is 6.07 Å². The van der Waals surface area contributed by atoms with Crippen molar-refractivity contribution in [2.24, 2.45) is 0 Å². The third-order valence-electron chi connectivity index (χ3n) is 2.84. The quantitative estimate of drug-likeness (QED) is 0.940. The fourth-order valence-electron chi connectivity index (χ4n) is 1.92. The lowest BCUT2D eigenvalue weighted by molar-refractivity contribution is -0.139. The Morgan fingerprint density at radius 1 is 1.15 bits per heavy atom. The van der Waals surface area contributed by atoms with Gasteiger partial charge in [0.1, 0.15) is 17.5 Å². The fraction of sp³-hybridized carbons (Fsp3) is 0.214. The van der Waals surface area contributed by atoms with Gasteiger partial charge >= 0.3 is 6.18 Å². The van der Waals surface area contributed by atoms with E-state index in [1.165, 1.54) is 37.6 Å². The van der Waals surface area contributed by atoms with Crippen molar-refractivity contribution < 1.29 is 23.0 Å². The van der Waals surface area contributed by atoms with Crippen LogP contribution >= 0.6 is 0 Å². The van der Waals surface area contributed by atoms with E-state index < -0.39 is 17.8 Å². The zero-order valence-electron chi connectivity index (χ0n) is 10.6. The van der Waals surface area contributed by atoms with Gasteiger partial charge in [0.15, 0.2) is 0 Å². The Balaban J connectivity index is 2.52. The molecule has 0 aliphatic carbocycles. The zero-order valence-corrected chi connectivity index (χ0v) is 10.6. The minimum absolute atomic E-state index is 0.0479. The molecule has 1 aromatic heterocycles. The van der Waals surface area contributed by atoms with E-state index in [4.69, 9.17) is 4.74 Å². The van der Waals surface area contributed by atoms with Crippen molar-refractivity contribution in [1.29, 1.82) is 0 Å². The van der Waals surface area contributed by atoms with Gasteiger partial charge in [-0.1, -0.05) is 18.2 Å². The van der Waals surface area contributed by atoms with E-state index in [-0.39, 0.29) is 17.0 Å². The standard InChI is InChI=1S/C14H12F3NO2/c1-20-11-7-4-8-18-12(11)13(19)9-5-2-3-6-10(9)14(15,16)17/h2-8,13,19H,1H3. The first-order valence-corrected chi connectivity index (χ1v) is 5.78. The minimum Gasteiger partial charge on any atom is -0.495 e. The summed E-state index contributed by atoms with van der Waals surface area (Å²) in [5.41, 5.74) is -1.09. The van der Waals surface area contributed by atoms with Crippen LogP contribution in [-0.4, -0.2) is 17.2 Å². The Labute approximate surface area is 113 Å². The highest BCUT2D eigenvalue weighted by atomic mass is 19.4. The van der Waals surface area contributed by atoms with Gasteiger partial charge in [0.25, 0.3) is 0 Å². The summed E-state index contributed by atoms with van der Waals surface area (Å²) >= 11 is 0. The monoisotopic (exact) mass is 283 g/mol. The van der Waals surface area contributed by atoms with Crippen LogP contribution in [0.5, 0.6) is 5.75 Å². The summed E-state index contributed by atoms with van der Waals surface area (Å²) in [5, 5.41) is 10.2. The number of aliphatic hydroxyl groups is 1. The van der Waals surface area contributed by atoms with E-state index in [2.05, 4.69) is 4.98 Å². The zero-order chi connectivity index (χ0) is 14.8. The van der Waals surface area contributed by atoms with Crippen LogP contribution in [0.15, 0.2) is 42.6 Å². The molecule has 1 N–H and O–H groups in total. The molecule has 0 aliphatic rings. The predicted molar refractivity (Wildman–Crippen MR) is 66.3 cm³/mol. The van der Waals surface area contributed by atoms with Gasteiger partial charge in [-0.2, -0.15) is 13.2 Å². The third kappa shape index (κ3) is 2.75. The number of alkyl halides is 3. The predicted octanol–water partition coefficient (Wildman–Crippen LogP) is 3.19. The number of rotatable bonds is 3. The van der Waals surface area contributed by atoms with Crippen molar-refractivity contribution in [3.8, 4) is 5.75 Å². The maximum Gasteiger partial charge on any atom is 0.416 e. The Kier molecular flexibility index (Phi) is 3.94. The van der Waals surface area contributed by atoms with Crippen LogP contribution < -0.4 is 4.74 Å². The number of ether oxygens (including phenoxy) is 1. The van der Waals surface area contributed by atoms with Crippen molar-refractivity contribution >= 4 is 0 Å². The molecule has 0 aliphatic heterocycles. The molecule has 0 saturated carbocycles. The molecular formula is C14H12F3NO2. The number of aliphatic hydroxyl groups excluding tert-OH is 1. The lowest BCUT2D eigenvalue weighted by Gasteiger charge is -2.18. The van der Waals surface area contributed by atoms with E-state index in [9.17, 15) is 18.3 Å². The van der Waals surface area contributed by atoms with Crippen LogP contribution in [-0.2, 0) is 6.18 Å². The Hall–Kier alpha value is -2.08. The summed E-state index contributed by atoms with van der Waals surface area (Å²) in [6.07, 6.45) is -4.67. The molecule has 0 amide bonds. The summed E-state index contributed by atoms with van der Waals surface area (Å²) in [6.45, 7) is 0. The molecule has 1 atom stereocenters. The van der Waals surface area contributed by atoms with Crippen LogP contribution in [0.4, 0.5) is 13.2 Å². The lowest BCUT2D eigenvalue weighted by Crippen LogP contribution is -2.13. The highest BCUT2D eigenvalue weighted by molar-refractivity contribution is 5.40. The first kappa shape index (κ1) is 14.3. The Morgan fingerprint density at radius 2 is 1.85 bits per heavy atom. The number of aromatic nitrogens is 1. The second kappa shape index (κ2) is 5.50. The SMILES string of the molecule is COc1cccnc1C(O)c1ccccc1C(F)(F)F. The topological polar surface area (TPSA) is 42.4 Å². The summed E-state index contributed by atoms with van der Waals surface area (Å²) in [4.78, 5) is 3.91. The van der Waals surface area contributed by atoms with Gasteiger partial charge in [-0.25, -0.2) is 0 Å². The summed E-state index contributed by atoms with van der Waals surface area (Å²) in [5.74, 6) is 0.233. The highest BCUT2D eigenvalue weighted by Gasteiger charge is 2.35. The summed E-state index contributed by atoms with van der Waals surface area (Å²) in [7, 11) is 1.36. The number of nitrogens with zero attached hydrogens (tertiary/aromatic N) is 1. The smallest absolute Gasteiger partial charge is 0.416 e. The molecule has 1 aromatic carbocycles. The van der Waals surface area contributed by atoms with Crippen molar-refractivity contribution in [3.63, 3.8) is 0 Å². The number of hydrogen-bond acceptors (Lipinski definition) is 3. The largest absolute Gasteiger partial charge is 0.495 e. The van der Waals surface area contributed by atoms with Crippen molar-refractivity contribution in [1.82, 2.24) is 4.98 Å². The molecule has 2 aromatic rings. The number of hydrogen-bond donors (Lipinski definition) is 1. The van der Waals surface area contributed by atoms with Crippen LogP contribution in [0, 0.1) is 0 Å². The van der Waals surface area contributed by atoms with Gasteiger partial charge in [-0.05, 0) is 23.8 Å². The highest BCUT2D eigenvalue weighted by Crippen LogP contribution is 2.37. The summed E-state index contributed by atoms with van der Waals surface area (Å²) in [6, 6.07) is 7.96. The number of methoxy groups -OCH3 is 1. The first-order chi connectivity index (χ1) is 9.45. The van der Waals surface area contributed by atoms with Gasteiger partial charge in [0, 0.05) is 6.20 Å². The molecule has 2 rings (SSSR count). The van der Waals surface area contributed by atoms with E-state index in [1.807, 2.05) is 0 Å². The molecule has 20 heavy (non-hydrogen) atoms. The number of halogens is 3. The van der Waals surface area contributed by atoms with Crippen LogP contribution in [0.1, 0.15) is 22.9 Å². The van der Waals surface area contributed by atoms with Crippen LogP contribution in [0.3, 0.4) is 0 Å². The maximum atomic E-state index is 12.9. The van der Waals surface area contributed by atoms with E-state index in [1.54, 1.807) is 6.07 Å². The average Bonchev–Trinajstić information content (AvgIpc) is 2.45. The molecule has 1 unspecified atom stereocenters.